The molecule has 1 N–H and O–H groups in total. The van der Waals surface area contributed by atoms with Gasteiger partial charge in [-0.2, -0.15) is 0 Å². The largest absolute Gasteiger partial charge is 0.393 e. The van der Waals surface area contributed by atoms with E-state index in [1.165, 1.54) is 5.56 Å². The van der Waals surface area contributed by atoms with E-state index in [2.05, 4.69) is 25.7 Å². The van der Waals surface area contributed by atoms with Crippen molar-refractivity contribution in [2.24, 2.45) is 7.05 Å². The molecule has 5 nitrogen and oxygen atoms in total. The van der Waals surface area contributed by atoms with Gasteiger partial charge in [-0.05, 0) is 36.4 Å². The van der Waals surface area contributed by atoms with Crippen molar-refractivity contribution in [2.75, 3.05) is 6.61 Å². The Bertz CT molecular complexity index is 782. The summed E-state index contributed by atoms with van der Waals surface area (Å²) in [6, 6.07) is 7.16. The van der Waals surface area contributed by atoms with Crippen molar-refractivity contribution in [3.8, 4) is 0 Å². The zero-order valence-corrected chi connectivity index (χ0v) is 16.1. The number of ether oxygens (including phenoxy) is 1. The summed E-state index contributed by atoms with van der Waals surface area (Å²) in [5.74, 6) is 0.345. The molecule has 24 heavy (non-hydrogen) atoms. The molecule has 6 heteroatoms. The lowest BCUT2D eigenvalue weighted by molar-refractivity contribution is 0.0750. The monoisotopic (exact) mass is 348 g/mol. The van der Waals surface area contributed by atoms with E-state index in [0.717, 1.165) is 29.9 Å². The Morgan fingerprint density at radius 1 is 1.29 bits per heavy atom. The molecule has 0 atom stereocenters. The molecular weight excluding hydrogens is 320 g/mol. The molecule has 0 aliphatic heterocycles. The van der Waals surface area contributed by atoms with Gasteiger partial charge in [-0.3, -0.25) is 9.13 Å². The topological polar surface area (TPSA) is 56.4 Å². The van der Waals surface area contributed by atoms with Crippen LogP contribution >= 0.6 is 0 Å². The van der Waals surface area contributed by atoms with E-state index in [9.17, 15) is 9.90 Å². The molecule has 2 aromatic rings. The van der Waals surface area contributed by atoms with Crippen molar-refractivity contribution in [1.29, 1.82) is 0 Å². The molecule has 1 aromatic heterocycles. The number of rotatable bonds is 6. The van der Waals surface area contributed by atoms with Crippen LogP contribution in [0, 0.1) is 0 Å². The fourth-order valence-electron chi connectivity index (χ4n) is 3.34. The third kappa shape index (κ3) is 3.36. The smallest absolute Gasteiger partial charge is 0.330 e. The van der Waals surface area contributed by atoms with Crippen LogP contribution in [0.15, 0.2) is 23.0 Å². The average Bonchev–Trinajstić information content (AvgIpc) is 2.72. The Balaban J connectivity index is 1.85. The first-order chi connectivity index (χ1) is 11.3. The van der Waals surface area contributed by atoms with Gasteiger partial charge in [0.05, 0.1) is 17.1 Å². The summed E-state index contributed by atoms with van der Waals surface area (Å²) in [6.07, 6.45) is 1.37. The molecule has 1 aliphatic rings. The maximum atomic E-state index is 12.6. The highest BCUT2D eigenvalue weighted by molar-refractivity contribution is 6.76. The molecule has 0 spiro atoms. The summed E-state index contributed by atoms with van der Waals surface area (Å²) >= 11 is 0. The molecular formula is C18H28N2O3Si. The van der Waals surface area contributed by atoms with Gasteiger partial charge < -0.3 is 9.84 Å². The molecule has 0 bridgehead atoms. The van der Waals surface area contributed by atoms with Gasteiger partial charge in [-0.1, -0.05) is 31.8 Å². The van der Waals surface area contributed by atoms with Crippen molar-refractivity contribution in [3.63, 3.8) is 0 Å². The van der Waals surface area contributed by atoms with Crippen LogP contribution in [0.2, 0.25) is 25.7 Å². The lowest BCUT2D eigenvalue weighted by Crippen LogP contribution is -2.27. The molecule has 0 amide bonds. The summed E-state index contributed by atoms with van der Waals surface area (Å²) < 4.78 is 9.24. The van der Waals surface area contributed by atoms with E-state index >= 15 is 0 Å². The lowest BCUT2D eigenvalue weighted by Gasteiger charge is -2.32. The Kier molecular flexibility index (Phi) is 4.73. The number of aliphatic hydroxyl groups is 1. The van der Waals surface area contributed by atoms with Crippen LogP contribution in [0.5, 0.6) is 0 Å². The maximum Gasteiger partial charge on any atom is 0.330 e. The molecule has 0 saturated heterocycles. The minimum atomic E-state index is -1.13. The first-order valence-electron chi connectivity index (χ1n) is 8.72. The third-order valence-corrected chi connectivity index (χ3v) is 6.66. The number of aliphatic hydroxyl groups excluding tert-OH is 1. The van der Waals surface area contributed by atoms with E-state index in [1.54, 1.807) is 9.13 Å². The van der Waals surface area contributed by atoms with Gasteiger partial charge >= 0.3 is 5.69 Å². The summed E-state index contributed by atoms with van der Waals surface area (Å²) in [6.45, 7) is 7.96. The van der Waals surface area contributed by atoms with Gasteiger partial charge in [0, 0.05) is 21.7 Å². The molecule has 1 saturated carbocycles. The van der Waals surface area contributed by atoms with Crippen LogP contribution in [0.3, 0.4) is 0 Å². The second-order valence-electron chi connectivity index (χ2n) is 8.15. The summed E-state index contributed by atoms with van der Waals surface area (Å²) in [5, 5.41) is 9.60. The Hall–Kier alpha value is -1.37. The number of aromatic nitrogens is 2. The first-order valence-corrected chi connectivity index (χ1v) is 12.4. The Morgan fingerprint density at radius 3 is 2.62 bits per heavy atom. The SMILES string of the molecule is Cn1c(=O)n(COCC[Si](C)(C)C)c2cccc(C3CC(O)C3)c21. The second kappa shape index (κ2) is 6.50. The van der Waals surface area contributed by atoms with E-state index in [4.69, 9.17) is 4.74 Å². The van der Waals surface area contributed by atoms with Crippen LogP contribution in [-0.2, 0) is 18.5 Å². The fourth-order valence-corrected chi connectivity index (χ4v) is 4.10. The molecule has 132 valence electrons. The standard InChI is InChI=1S/C18H28N2O3Si/c1-19-17-15(13-10-14(21)11-13)6-5-7-16(17)20(18(19)22)12-23-8-9-24(2,3)4/h5-7,13-14,21H,8-12H2,1-4H3. The highest BCUT2D eigenvalue weighted by Crippen LogP contribution is 2.39. The number of nitrogens with zero attached hydrogens (tertiary/aromatic N) is 2. The van der Waals surface area contributed by atoms with E-state index in [-0.39, 0.29) is 11.8 Å². The normalized spacial score (nSPS) is 21.2. The van der Waals surface area contributed by atoms with Gasteiger partial charge in [-0.25, -0.2) is 4.79 Å². The maximum absolute atomic E-state index is 12.6. The number of fused-ring (bicyclic) bond motifs is 1. The van der Waals surface area contributed by atoms with Crippen molar-refractivity contribution >= 4 is 19.1 Å². The molecule has 3 rings (SSSR count). The van der Waals surface area contributed by atoms with Crippen LogP contribution < -0.4 is 5.69 Å². The molecule has 1 heterocycles. The summed E-state index contributed by atoms with van der Waals surface area (Å²) in [7, 11) is 0.695. The summed E-state index contributed by atoms with van der Waals surface area (Å²) in [4.78, 5) is 12.6. The van der Waals surface area contributed by atoms with Gasteiger partial charge in [-0.15, -0.1) is 0 Å². The van der Waals surface area contributed by atoms with Crippen molar-refractivity contribution < 1.29 is 9.84 Å². The van der Waals surface area contributed by atoms with Crippen LogP contribution in [0.1, 0.15) is 24.3 Å². The van der Waals surface area contributed by atoms with Gasteiger partial charge in [0.15, 0.2) is 0 Å². The number of benzene rings is 1. The minimum Gasteiger partial charge on any atom is -0.393 e. The van der Waals surface area contributed by atoms with E-state index in [1.807, 2.05) is 19.2 Å². The van der Waals surface area contributed by atoms with Crippen LogP contribution in [0.4, 0.5) is 0 Å². The molecule has 0 unspecified atom stereocenters. The number of hydrogen-bond acceptors (Lipinski definition) is 3. The third-order valence-electron chi connectivity index (χ3n) is 4.96. The van der Waals surface area contributed by atoms with Crippen molar-refractivity contribution in [2.45, 2.75) is 57.3 Å². The molecule has 1 aromatic carbocycles. The summed E-state index contributed by atoms with van der Waals surface area (Å²) in [5.41, 5.74) is 3.03. The Labute approximate surface area is 143 Å². The highest BCUT2D eigenvalue weighted by atomic mass is 28.3. The Morgan fingerprint density at radius 2 is 2.00 bits per heavy atom. The predicted octanol–water partition coefficient (Wildman–Crippen LogP) is 2.89. The van der Waals surface area contributed by atoms with Crippen molar-refractivity contribution in [3.05, 3.63) is 34.2 Å². The highest BCUT2D eigenvalue weighted by Gasteiger charge is 2.31. The number of aryl methyl sites for hydroxylation is 1. The quantitative estimate of drug-likeness (QED) is 0.645. The number of imidazole rings is 1. The van der Waals surface area contributed by atoms with Crippen molar-refractivity contribution in [1.82, 2.24) is 9.13 Å². The number of hydrogen-bond donors (Lipinski definition) is 1. The second-order valence-corrected chi connectivity index (χ2v) is 13.8. The lowest BCUT2D eigenvalue weighted by atomic mass is 9.77. The van der Waals surface area contributed by atoms with Gasteiger partial charge in [0.1, 0.15) is 6.73 Å². The first kappa shape index (κ1) is 17.4. The minimum absolute atomic E-state index is 0.0367. The molecule has 1 aliphatic carbocycles. The molecule has 1 fully saturated rings. The number of para-hydroxylation sites is 1. The zero-order chi connectivity index (χ0) is 17.5. The predicted molar refractivity (Wildman–Crippen MR) is 99.3 cm³/mol. The average molecular weight is 349 g/mol. The van der Waals surface area contributed by atoms with E-state index in [0.29, 0.717) is 19.3 Å². The zero-order valence-electron chi connectivity index (χ0n) is 15.1. The fraction of sp³-hybridized carbons (Fsp3) is 0.611. The van der Waals surface area contributed by atoms with Gasteiger partial charge in [0.25, 0.3) is 0 Å². The molecule has 0 radical (unpaired) electrons. The van der Waals surface area contributed by atoms with E-state index < -0.39 is 8.07 Å². The van der Waals surface area contributed by atoms with Crippen LogP contribution in [0.25, 0.3) is 11.0 Å². The van der Waals surface area contributed by atoms with Gasteiger partial charge in [0.2, 0.25) is 0 Å². The van der Waals surface area contributed by atoms with Crippen LogP contribution in [-0.4, -0.2) is 35.0 Å².